The molecule has 1 aliphatic rings. The molecule has 0 bridgehead atoms. The SMILES string of the molecule is CC(C)(C)C(=O)OC[C@H]1OC(/N=C/c2ccccc2)[C@H](OC(=O)C(C)(C)C)[C@@H](OC(=O)C(C)(C)C)[C@@H]1OC(=O)C(C)(C)C. The van der Waals surface area contributed by atoms with Crippen LogP contribution in [0.3, 0.4) is 0 Å². The number of ether oxygens (including phenoxy) is 5. The smallest absolute Gasteiger partial charge is 0.311 e. The van der Waals surface area contributed by atoms with E-state index in [9.17, 15) is 19.2 Å². The monoisotopic (exact) mass is 603 g/mol. The predicted octanol–water partition coefficient (Wildman–Crippen LogP) is 5.29. The maximum Gasteiger partial charge on any atom is 0.311 e. The van der Waals surface area contributed by atoms with Crippen molar-refractivity contribution in [3.05, 3.63) is 35.9 Å². The van der Waals surface area contributed by atoms with E-state index in [1.807, 2.05) is 30.3 Å². The Labute approximate surface area is 255 Å². The van der Waals surface area contributed by atoms with Gasteiger partial charge in [0, 0.05) is 6.21 Å². The number of hydrogen-bond acceptors (Lipinski definition) is 10. The maximum absolute atomic E-state index is 13.3. The molecule has 1 heterocycles. The summed E-state index contributed by atoms with van der Waals surface area (Å²) in [7, 11) is 0. The van der Waals surface area contributed by atoms with Crippen LogP contribution in [0.15, 0.2) is 35.3 Å². The van der Waals surface area contributed by atoms with E-state index in [0.717, 1.165) is 5.56 Å². The number of benzene rings is 1. The van der Waals surface area contributed by atoms with E-state index in [1.54, 1.807) is 89.3 Å². The summed E-state index contributed by atoms with van der Waals surface area (Å²) in [5.41, 5.74) is -2.90. The Bertz CT molecular complexity index is 1160. The van der Waals surface area contributed by atoms with Gasteiger partial charge in [-0.05, 0) is 88.6 Å². The number of rotatable bonds is 7. The van der Waals surface area contributed by atoms with E-state index in [1.165, 1.54) is 0 Å². The molecule has 0 amide bonds. The number of aliphatic imine (C=N–C) groups is 1. The van der Waals surface area contributed by atoms with E-state index < -0.39 is 76.2 Å². The molecule has 1 aliphatic heterocycles. The van der Waals surface area contributed by atoms with Gasteiger partial charge < -0.3 is 23.7 Å². The Kier molecular flexibility index (Phi) is 11.3. The highest BCUT2D eigenvalue weighted by Gasteiger charge is 2.54. The third-order valence-corrected chi connectivity index (χ3v) is 6.34. The van der Waals surface area contributed by atoms with E-state index >= 15 is 0 Å². The topological polar surface area (TPSA) is 127 Å². The van der Waals surface area contributed by atoms with Gasteiger partial charge in [-0.15, -0.1) is 0 Å². The summed E-state index contributed by atoms with van der Waals surface area (Å²) < 4.78 is 29.8. The van der Waals surface area contributed by atoms with Gasteiger partial charge in [-0.1, -0.05) is 30.3 Å². The molecule has 0 spiro atoms. The zero-order valence-corrected chi connectivity index (χ0v) is 27.7. The number of hydrogen-bond donors (Lipinski definition) is 0. The van der Waals surface area contributed by atoms with E-state index in [-0.39, 0.29) is 6.61 Å². The van der Waals surface area contributed by atoms with Crippen LogP contribution in [0.5, 0.6) is 0 Å². The predicted molar refractivity (Wildman–Crippen MR) is 161 cm³/mol. The van der Waals surface area contributed by atoms with Gasteiger partial charge in [0.25, 0.3) is 0 Å². The molecular formula is C33H49NO9. The number of nitrogens with zero attached hydrogens (tertiary/aromatic N) is 1. The van der Waals surface area contributed by atoms with Crippen LogP contribution >= 0.6 is 0 Å². The van der Waals surface area contributed by atoms with Gasteiger partial charge in [-0.2, -0.15) is 0 Å². The van der Waals surface area contributed by atoms with Crippen LogP contribution in [0.1, 0.15) is 88.6 Å². The Morgan fingerprint density at radius 3 is 1.51 bits per heavy atom. The van der Waals surface area contributed by atoms with Crippen molar-refractivity contribution in [3.63, 3.8) is 0 Å². The first-order valence-electron chi connectivity index (χ1n) is 14.6. The highest BCUT2D eigenvalue weighted by molar-refractivity contribution is 5.80. The second-order valence-electron chi connectivity index (χ2n) is 15.0. The first-order chi connectivity index (χ1) is 19.5. The molecule has 0 N–H and O–H groups in total. The summed E-state index contributed by atoms with van der Waals surface area (Å²) in [4.78, 5) is 57.1. The highest BCUT2D eigenvalue weighted by atomic mass is 16.7. The highest BCUT2D eigenvalue weighted by Crippen LogP contribution is 2.34. The minimum absolute atomic E-state index is 0.334. The van der Waals surface area contributed by atoms with Crippen molar-refractivity contribution in [2.45, 2.75) is 114 Å². The number of carbonyl (C=O) groups is 4. The van der Waals surface area contributed by atoms with Crippen LogP contribution in [0.2, 0.25) is 0 Å². The summed E-state index contributed by atoms with van der Waals surface area (Å²) in [6, 6.07) is 9.19. The quantitative estimate of drug-likeness (QED) is 0.232. The summed E-state index contributed by atoms with van der Waals surface area (Å²) in [5, 5.41) is 0. The van der Waals surface area contributed by atoms with Crippen molar-refractivity contribution < 1.29 is 42.9 Å². The summed E-state index contributed by atoms with van der Waals surface area (Å²) in [6.07, 6.45) is -4.71. The lowest BCUT2D eigenvalue weighted by molar-refractivity contribution is -0.258. The first kappa shape index (κ1) is 35.9. The van der Waals surface area contributed by atoms with Crippen LogP contribution in [-0.2, 0) is 42.9 Å². The zero-order chi connectivity index (χ0) is 33.0. The second-order valence-corrected chi connectivity index (χ2v) is 15.0. The van der Waals surface area contributed by atoms with Gasteiger partial charge in [-0.3, -0.25) is 24.2 Å². The van der Waals surface area contributed by atoms with Crippen molar-refractivity contribution in [1.29, 1.82) is 0 Å². The number of carbonyl (C=O) groups excluding carboxylic acids is 4. The fraction of sp³-hybridized carbons (Fsp3) is 0.667. The van der Waals surface area contributed by atoms with Gasteiger partial charge in [0.2, 0.25) is 0 Å². The Balaban J connectivity index is 2.70. The van der Waals surface area contributed by atoms with Crippen LogP contribution in [0.4, 0.5) is 0 Å². The minimum atomic E-state index is -1.34. The van der Waals surface area contributed by atoms with Crippen LogP contribution in [0.25, 0.3) is 0 Å². The average molecular weight is 604 g/mol. The van der Waals surface area contributed by atoms with Crippen LogP contribution in [0, 0.1) is 21.7 Å². The van der Waals surface area contributed by atoms with E-state index in [0.29, 0.717) is 0 Å². The minimum Gasteiger partial charge on any atom is -0.462 e. The molecule has 0 radical (unpaired) electrons. The molecule has 2 rings (SSSR count). The largest absolute Gasteiger partial charge is 0.462 e. The summed E-state index contributed by atoms with van der Waals surface area (Å²) >= 11 is 0. The number of esters is 4. The van der Waals surface area contributed by atoms with Crippen molar-refractivity contribution in [1.82, 2.24) is 0 Å². The van der Waals surface area contributed by atoms with E-state index in [2.05, 4.69) is 4.99 Å². The molecule has 10 nitrogen and oxygen atoms in total. The van der Waals surface area contributed by atoms with Crippen molar-refractivity contribution in [2.24, 2.45) is 26.7 Å². The molecule has 1 aromatic rings. The molecule has 43 heavy (non-hydrogen) atoms. The lowest BCUT2D eigenvalue weighted by atomic mass is 9.92. The maximum atomic E-state index is 13.3. The molecule has 1 aromatic carbocycles. The van der Waals surface area contributed by atoms with Crippen LogP contribution in [-0.4, -0.2) is 67.3 Å². The standard InChI is InChI=1S/C33H49NO9/c1-30(2,3)26(35)39-19-21-22(41-27(36)31(4,5)6)23(42-28(37)32(7,8)9)24(43-29(38)33(10,11)12)25(40-21)34-18-20-16-14-13-15-17-20/h13-18,21-25H,19H2,1-12H3/b34-18+/t21-,22-,23+,24-,25?/m1/s1. The van der Waals surface area contributed by atoms with Gasteiger partial charge in [0.05, 0.1) is 21.7 Å². The fourth-order valence-electron chi connectivity index (χ4n) is 3.53. The van der Waals surface area contributed by atoms with Crippen molar-refractivity contribution in [2.75, 3.05) is 6.61 Å². The molecule has 10 heteroatoms. The van der Waals surface area contributed by atoms with Gasteiger partial charge in [-0.25, -0.2) is 0 Å². The first-order valence-corrected chi connectivity index (χ1v) is 14.6. The molecular weight excluding hydrogens is 554 g/mol. The zero-order valence-electron chi connectivity index (χ0n) is 27.7. The molecule has 0 aromatic heterocycles. The van der Waals surface area contributed by atoms with Crippen LogP contribution < -0.4 is 0 Å². The van der Waals surface area contributed by atoms with Gasteiger partial charge >= 0.3 is 23.9 Å². The second kappa shape index (κ2) is 13.6. The molecule has 5 atom stereocenters. The Hall–Kier alpha value is -3.27. The fourth-order valence-corrected chi connectivity index (χ4v) is 3.53. The summed E-state index contributed by atoms with van der Waals surface area (Å²) in [5.74, 6) is -2.34. The summed E-state index contributed by atoms with van der Waals surface area (Å²) in [6.45, 7) is 19.9. The molecule has 1 saturated heterocycles. The molecule has 1 fully saturated rings. The molecule has 0 saturated carbocycles. The molecule has 1 unspecified atom stereocenters. The lowest BCUT2D eigenvalue weighted by Gasteiger charge is -2.45. The lowest BCUT2D eigenvalue weighted by Crippen LogP contribution is -2.63. The normalized spacial score (nSPS) is 23.4. The Morgan fingerprint density at radius 2 is 1.07 bits per heavy atom. The molecule has 240 valence electrons. The van der Waals surface area contributed by atoms with Gasteiger partial charge in [0.15, 0.2) is 24.5 Å². The Morgan fingerprint density at radius 1 is 0.651 bits per heavy atom. The van der Waals surface area contributed by atoms with E-state index in [4.69, 9.17) is 23.7 Å². The van der Waals surface area contributed by atoms with Gasteiger partial charge in [0.1, 0.15) is 12.7 Å². The molecule has 0 aliphatic carbocycles. The third-order valence-electron chi connectivity index (χ3n) is 6.34. The third kappa shape index (κ3) is 10.4. The average Bonchev–Trinajstić information content (AvgIpc) is 2.86. The van der Waals surface area contributed by atoms with Crippen molar-refractivity contribution in [3.8, 4) is 0 Å². The van der Waals surface area contributed by atoms with Crippen molar-refractivity contribution >= 4 is 30.1 Å².